The Morgan fingerprint density at radius 1 is 1.38 bits per heavy atom. The molecule has 4 heteroatoms. The lowest BCUT2D eigenvalue weighted by molar-refractivity contribution is 0.636. The molecule has 2 aromatic rings. The van der Waals surface area contributed by atoms with Gasteiger partial charge in [0.2, 0.25) is 0 Å². The van der Waals surface area contributed by atoms with Gasteiger partial charge in [0.05, 0.1) is 5.02 Å². The molecule has 1 fully saturated rings. The zero-order valence-corrected chi connectivity index (χ0v) is 9.26. The normalized spacial score (nSPS) is 15.6. The highest BCUT2D eigenvalue weighted by molar-refractivity contribution is 6.31. The van der Waals surface area contributed by atoms with E-state index in [0.29, 0.717) is 17.0 Å². The molecule has 2 nitrogen and oxygen atoms in total. The van der Waals surface area contributed by atoms with Crippen LogP contribution in [0.2, 0.25) is 5.02 Å². The van der Waals surface area contributed by atoms with E-state index in [0.717, 1.165) is 18.5 Å². The van der Waals surface area contributed by atoms with Gasteiger partial charge in [0.1, 0.15) is 5.52 Å². The summed E-state index contributed by atoms with van der Waals surface area (Å²) in [6.45, 7) is 0. The molecule has 1 heterocycles. The molecular weight excluding hydrogens is 227 g/mol. The van der Waals surface area contributed by atoms with Crippen molar-refractivity contribution in [3.63, 3.8) is 0 Å². The average molecular weight is 237 g/mol. The summed E-state index contributed by atoms with van der Waals surface area (Å²) in [7, 11) is 0. The molecule has 0 amide bonds. The number of rotatable bonds is 1. The lowest BCUT2D eigenvalue weighted by Gasteiger charge is -2.07. The second-order valence-corrected chi connectivity index (χ2v) is 4.58. The maximum Gasteiger partial charge on any atom is 0.168 e. The first kappa shape index (κ1) is 9.85. The van der Waals surface area contributed by atoms with Gasteiger partial charge in [-0.25, -0.2) is 9.37 Å². The van der Waals surface area contributed by atoms with Crippen LogP contribution in [0, 0.1) is 5.82 Å². The largest absolute Gasteiger partial charge is 0.398 e. The van der Waals surface area contributed by atoms with Gasteiger partial charge in [-0.3, -0.25) is 0 Å². The molecular formula is C12H10ClFN2. The number of nitrogens with zero attached hydrogens (tertiary/aromatic N) is 1. The second-order valence-electron chi connectivity index (χ2n) is 4.17. The van der Waals surface area contributed by atoms with Gasteiger partial charge in [0.15, 0.2) is 5.82 Å². The minimum Gasteiger partial charge on any atom is -0.398 e. The van der Waals surface area contributed by atoms with Crippen LogP contribution in [0.4, 0.5) is 10.1 Å². The third-order valence-electron chi connectivity index (χ3n) is 2.92. The number of nitrogens with two attached hydrogens (primary N) is 1. The molecule has 1 aliphatic carbocycles. The van der Waals surface area contributed by atoms with E-state index < -0.39 is 5.82 Å². The third-order valence-corrected chi connectivity index (χ3v) is 3.21. The summed E-state index contributed by atoms with van der Waals surface area (Å²) in [5.41, 5.74) is 7.63. The molecule has 1 aromatic heterocycles. The predicted molar refractivity (Wildman–Crippen MR) is 63.1 cm³/mol. The number of anilines is 1. The van der Waals surface area contributed by atoms with Crippen molar-refractivity contribution in [1.82, 2.24) is 4.98 Å². The number of aromatic nitrogens is 1. The number of hydrogen-bond acceptors (Lipinski definition) is 2. The van der Waals surface area contributed by atoms with E-state index in [2.05, 4.69) is 4.98 Å². The Morgan fingerprint density at radius 2 is 2.12 bits per heavy atom. The van der Waals surface area contributed by atoms with Crippen LogP contribution in [0.25, 0.3) is 10.9 Å². The van der Waals surface area contributed by atoms with Gasteiger partial charge < -0.3 is 5.73 Å². The van der Waals surface area contributed by atoms with E-state index >= 15 is 0 Å². The molecule has 82 valence electrons. The topological polar surface area (TPSA) is 38.9 Å². The fraction of sp³-hybridized carbons (Fsp3) is 0.250. The lowest BCUT2D eigenvalue weighted by atomic mass is 10.1. The summed E-state index contributed by atoms with van der Waals surface area (Å²) in [6, 6.07) is 5.06. The average Bonchev–Trinajstić information content (AvgIpc) is 3.07. The van der Waals surface area contributed by atoms with Gasteiger partial charge in [-0.1, -0.05) is 11.6 Å². The van der Waals surface area contributed by atoms with Crippen molar-refractivity contribution in [3.05, 3.63) is 34.7 Å². The number of benzene rings is 1. The van der Waals surface area contributed by atoms with Crippen molar-refractivity contribution >= 4 is 28.2 Å². The Bertz CT molecular complexity index is 579. The molecule has 0 atom stereocenters. The van der Waals surface area contributed by atoms with Crippen molar-refractivity contribution in [2.75, 3.05) is 5.73 Å². The Balaban J connectivity index is 2.33. The minimum absolute atomic E-state index is 0.0901. The Hall–Kier alpha value is -1.35. The van der Waals surface area contributed by atoms with Crippen molar-refractivity contribution in [1.29, 1.82) is 0 Å². The number of fused-ring (bicyclic) bond motifs is 1. The highest BCUT2D eigenvalue weighted by atomic mass is 35.5. The zero-order valence-electron chi connectivity index (χ0n) is 8.50. The van der Waals surface area contributed by atoms with Crippen LogP contribution in [0.5, 0.6) is 0 Å². The monoisotopic (exact) mass is 236 g/mol. The van der Waals surface area contributed by atoms with Crippen LogP contribution >= 0.6 is 11.6 Å². The highest BCUT2D eigenvalue weighted by Crippen LogP contribution is 2.41. The molecule has 0 unspecified atom stereocenters. The summed E-state index contributed by atoms with van der Waals surface area (Å²) in [5, 5.41) is 0.721. The third kappa shape index (κ3) is 1.43. The van der Waals surface area contributed by atoms with Crippen LogP contribution < -0.4 is 5.73 Å². The van der Waals surface area contributed by atoms with E-state index in [1.54, 1.807) is 6.07 Å². The molecule has 1 saturated carbocycles. The standard InChI is InChI=1S/C12H10ClFN2/c13-8-4-3-7-9(15)5-10(6-1-2-6)16-12(7)11(8)14/h3-6H,1-2H2,(H2,15,16). The van der Waals surface area contributed by atoms with Crippen LogP contribution in [-0.2, 0) is 0 Å². The van der Waals surface area contributed by atoms with E-state index in [-0.39, 0.29) is 10.5 Å². The number of halogens is 2. The van der Waals surface area contributed by atoms with Gasteiger partial charge in [0.25, 0.3) is 0 Å². The van der Waals surface area contributed by atoms with E-state index in [1.165, 1.54) is 6.07 Å². The second kappa shape index (κ2) is 3.32. The van der Waals surface area contributed by atoms with E-state index in [1.807, 2.05) is 6.07 Å². The van der Waals surface area contributed by atoms with Crippen molar-refractivity contribution in [2.45, 2.75) is 18.8 Å². The van der Waals surface area contributed by atoms with Gasteiger partial charge in [-0.15, -0.1) is 0 Å². The molecule has 0 spiro atoms. The fourth-order valence-corrected chi connectivity index (χ4v) is 2.02. The van der Waals surface area contributed by atoms with E-state index in [4.69, 9.17) is 17.3 Å². The van der Waals surface area contributed by atoms with Crippen molar-refractivity contribution in [2.24, 2.45) is 0 Å². The lowest BCUT2D eigenvalue weighted by Crippen LogP contribution is -1.96. The zero-order chi connectivity index (χ0) is 11.3. The first-order chi connectivity index (χ1) is 7.66. The molecule has 0 bridgehead atoms. The summed E-state index contributed by atoms with van der Waals surface area (Å²) >= 11 is 5.73. The van der Waals surface area contributed by atoms with Gasteiger partial charge in [-0.2, -0.15) is 0 Å². The van der Waals surface area contributed by atoms with Crippen molar-refractivity contribution in [3.8, 4) is 0 Å². The van der Waals surface area contributed by atoms with Crippen molar-refractivity contribution < 1.29 is 4.39 Å². The Labute approximate surface area is 97.2 Å². The molecule has 0 saturated heterocycles. The van der Waals surface area contributed by atoms with E-state index in [9.17, 15) is 4.39 Å². The van der Waals surface area contributed by atoms with Crippen LogP contribution in [0.3, 0.4) is 0 Å². The van der Waals surface area contributed by atoms with Crippen LogP contribution in [0.15, 0.2) is 18.2 Å². The Kier molecular flexibility index (Phi) is 2.04. The SMILES string of the molecule is Nc1cc(C2CC2)nc2c(F)c(Cl)ccc12. The van der Waals surface area contributed by atoms with Gasteiger partial charge >= 0.3 is 0 Å². The molecule has 0 aliphatic heterocycles. The highest BCUT2D eigenvalue weighted by Gasteiger charge is 2.26. The molecule has 2 N–H and O–H groups in total. The summed E-state index contributed by atoms with van der Waals surface area (Å²) in [5.74, 6) is -0.0292. The molecule has 16 heavy (non-hydrogen) atoms. The van der Waals surface area contributed by atoms with Crippen LogP contribution in [-0.4, -0.2) is 4.98 Å². The van der Waals surface area contributed by atoms with Crippen LogP contribution in [0.1, 0.15) is 24.5 Å². The minimum atomic E-state index is -0.478. The quantitative estimate of drug-likeness (QED) is 0.823. The van der Waals surface area contributed by atoms with Gasteiger partial charge in [-0.05, 0) is 31.0 Å². The first-order valence-electron chi connectivity index (χ1n) is 5.21. The number of nitrogen functional groups attached to an aromatic ring is 1. The Morgan fingerprint density at radius 3 is 2.81 bits per heavy atom. The molecule has 0 radical (unpaired) electrons. The maximum absolute atomic E-state index is 13.8. The number of hydrogen-bond donors (Lipinski definition) is 1. The summed E-state index contributed by atoms with van der Waals surface area (Å²) < 4.78 is 13.8. The predicted octanol–water partition coefficient (Wildman–Crippen LogP) is 3.49. The molecule has 1 aromatic carbocycles. The maximum atomic E-state index is 13.8. The summed E-state index contributed by atoms with van der Waals surface area (Å²) in [6.07, 6.45) is 2.22. The molecule has 3 rings (SSSR count). The molecule has 1 aliphatic rings. The summed E-state index contributed by atoms with van der Waals surface area (Å²) in [4.78, 5) is 4.32. The number of pyridine rings is 1. The van der Waals surface area contributed by atoms with Gasteiger partial charge in [0, 0.05) is 22.7 Å². The smallest absolute Gasteiger partial charge is 0.168 e. The fourth-order valence-electron chi connectivity index (χ4n) is 1.87. The first-order valence-corrected chi connectivity index (χ1v) is 5.59.